The van der Waals surface area contributed by atoms with Gasteiger partial charge in [0.2, 0.25) is 0 Å². The minimum Gasteiger partial charge on any atom is -0.393 e. The van der Waals surface area contributed by atoms with Crippen LogP contribution >= 0.6 is 0 Å². The van der Waals surface area contributed by atoms with E-state index in [0.717, 1.165) is 110 Å². The summed E-state index contributed by atoms with van der Waals surface area (Å²) < 4.78 is 2.63. The van der Waals surface area contributed by atoms with Crippen LogP contribution in [0.25, 0.3) is 22.2 Å². The van der Waals surface area contributed by atoms with Crippen molar-refractivity contribution < 1.29 is 10.2 Å². The van der Waals surface area contributed by atoms with Gasteiger partial charge >= 0.3 is 0 Å². The van der Waals surface area contributed by atoms with Crippen molar-refractivity contribution >= 4 is 27.9 Å². The molecule has 7 nitrogen and oxygen atoms in total. The standard InChI is InChI=1S/C36H49N5O2/c1-26-7-9-31-30-5-2-3-6-34(30)41-17-4-16-40(24-23-39-20-13-29(43)14-21-39)35(36(31)41)32-10-8-27(25-33(26)32)37-15-22-38-18-11-28(42)12-19-38/h2-3,5-6,8,10,25,28-29,37,42-43H,4,7,9,11-24H2,1H3/b33-26+,35-32+. The fourth-order valence-electron chi connectivity index (χ4n) is 7.90. The van der Waals surface area contributed by atoms with Crippen LogP contribution in [-0.2, 0) is 13.0 Å². The van der Waals surface area contributed by atoms with Gasteiger partial charge in [-0.2, -0.15) is 0 Å². The molecule has 3 aliphatic heterocycles. The summed E-state index contributed by atoms with van der Waals surface area (Å²) in [6.45, 7) is 12.4. The first-order valence-corrected chi connectivity index (χ1v) is 16.8. The van der Waals surface area contributed by atoms with Gasteiger partial charge in [0.05, 0.1) is 23.6 Å². The van der Waals surface area contributed by atoms with Gasteiger partial charge in [0.25, 0.3) is 0 Å². The largest absolute Gasteiger partial charge is 0.393 e. The summed E-state index contributed by atoms with van der Waals surface area (Å²) in [6.07, 6.45) is 6.57. The maximum atomic E-state index is 10.1. The highest BCUT2D eigenvalue weighted by Gasteiger charge is 2.28. The highest BCUT2D eigenvalue weighted by atomic mass is 16.3. The Bertz CT molecular complexity index is 1560. The third-order valence-corrected chi connectivity index (χ3v) is 10.5. The first-order chi connectivity index (χ1) is 21.0. The first kappa shape index (κ1) is 28.9. The van der Waals surface area contributed by atoms with E-state index in [1.165, 1.54) is 49.6 Å². The average Bonchev–Trinajstić information content (AvgIpc) is 3.19. The second-order valence-electron chi connectivity index (χ2n) is 13.3. The molecule has 1 aliphatic carbocycles. The number of fused-ring (bicyclic) bond motifs is 4. The van der Waals surface area contributed by atoms with Crippen LogP contribution in [0.2, 0.25) is 0 Å². The van der Waals surface area contributed by atoms with E-state index in [1.807, 2.05) is 0 Å². The molecule has 0 unspecified atom stereocenters. The van der Waals surface area contributed by atoms with E-state index in [2.05, 4.69) is 74.0 Å². The number of rotatable bonds is 7. The summed E-state index contributed by atoms with van der Waals surface area (Å²) in [5.74, 6) is 0. The Hall–Kier alpha value is -2.84. The number of para-hydroxylation sites is 1. The Morgan fingerprint density at radius 3 is 2.26 bits per heavy atom. The number of hydrogen-bond acceptors (Lipinski definition) is 6. The minimum absolute atomic E-state index is 0.121. The number of aliphatic hydroxyl groups is 2. The second kappa shape index (κ2) is 12.6. The average molecular weight is 584 g/mol. The van der Waals surface area contributed by atoms with E-state index in [-0.39, 0.29) is 12.2 Å². The number of aryl methyl sites for hydroxylation is 2. The van der Waals surface area contributed by atoms with Gasteiger partial charge < -0.3 is 34.8 Å². The number of likely N-dealkylation sites (tertiary alicyclic amines) is 2. The quantitative estimate of drug-likeness (QED) is 0.398. The molecule has 0 radical (unpaired) electrons. The lowest BCUT2D eigenvalue weighted by Gasteiger charge is -2.33. The van der Waals surface area contributed by atoms with Gasteiger partial charge in [-0.15, -0.1) is 0 Å². The van der Waals surface area contributed by atoms with Crippen LogP contribution in [0.1, 0.15) is 56.7 Å². The van der Waals surface area contributed by atoms with E-state index in [9.17, 15) is 10.2 Å². The zero-order valence-corrected chi connectivity index (χ0v) is 25.9. The van der Waals surface area contributed by atoms with Crippen molar-refractivity contribution in [2.75, 3.05) is 64.2 Å². The van der Waals surface area contributed by atoms with Gasteiger partial charge in [0.15, 0.2) is 0 Å². The van der Waals surface area contributed by atoms with Crippen molar-refractivity contribution in [2.24, 2.45) is 0 Å². The number of benzene rings is 2. The maximum Gasteiger partial charge on any atom is 0.0694 e. The summed E-state index contributed by atoms with van der Waals surface area (Å²) in [6, 6.07) is 16.1. The first-order valence-electron chi connectivity index (χ1n) is 16.8. The van der Waals surface area contributed by atoms with Crippen LogP contribution in [0.15, 0.2) is 42.5 Å². The smallest absolute Gasteiger partial charge is 0.0694 e. The molecule has 4 heterocycles. The van der Waals surface area contributed by atoms with Crippen LogP contribution in [0.3, 0.4) is 0 Å². The molecule has 0 saturated carbocycles. The molecule has 4 aliphatic rings. The van der Waals surface area contributed by atoms with Crippen LogP contribution in [0, 0.1) is 0 Å². The maximum absolute atomic E-state index is 10.1. The highest BCUT2D eigenvalue weighted by Crippen LogP contribution is 2.36. The van der Waals surface area contributed by atoms with Crippen LogP contribution in [0.4, 0.5) is 5.69 Å². The topological polar surface area (TPSA) is 67.1 Å². The second-order valence-corrected chi connectivity index (χ2v) is 13.3. The van der Waals surface area contributed by atoms with E-state index in [0.29, 0.717) is 0 Å². The zero-order valence-electron chi connectivity index (χ0n) is 25.9. The number of nitrogens with one attached hydrogen (secondary N) is 1. The molecule has 0 amide bonds. The van der Waals surface area contributed by atoms with Gasteiger partial charge in [-0.25, -0.2) is 0 Å². The van der Waals surface area contributed by atoms with Crippen molar-refractivity contribution in [3.63, 3.8) is 0 Å². The van der Waals surface area contributed by atoms with E-state index >= 15 is 0 Å². The molecule has 43 heavy (non-hydrogen) atoms. The number of anilines is 1. The SMILES string of the molecule is C/C1=c2/cc(NCCN3CCC(O)CC3)cc/c2=C2/c3c(c4ccccc4n3CCCN2CCN2CCC(O)CC2)CC1. The van der Waals surface area contributed by atoms with E-state index < -0.39 is 0 Å². The lowest BCUT2D eigenvalue weighted by Crippen LogP contribution is -2.43. The molecule has 3 aromatic rings. The van der Waals surface area contributed by atoms with Gasteiger partial charge in [0, 0.05) is 87.3 Å². The van der Waals surface area contributed by atoms with Crippen molar-refractivity contribution in [3.8, 4) is 0 Å². The predicted molar refractivity (Wildman–Crippen MR) is 176 cm³/mol. The number of nitrogens with zero attached hydrogens (tertiary/aromatic N) is 4. The molecule has 230 valence electrons. The van der Waals surface area contributed by atoms with Gasteiger partial charge in [-0.3, -0.25) is 0 Å². The summed E-state index contributed by atoms with van der Waals surface area (Å²) in [5.41, 5.74) is 8.40. The number of hydrogen-bond donors (Lipinski definition) is 3. The molecule has 2 fully saturated rings. The lowest BCUT2D eigenvalue weighted by molar-refractivity contribution is 0.0797. The van der Waals surface area contributed by atoms with Gasteiger partial charge in [-0.05, 0) is 80.9 Å². The van der Waals surface area contributed by atoms with Crippen molar-refractivity contribution in [1.29, 1.82) is 0 Å². The molecule has 7 rings (SSSR count). The number of aromatic nitrogens is 1. The van der Waals surface area contributed by atoms with Crippen LogP contribution in [0.5, 0.6) is 0 Å². The molecule has 0 bridgehead atoms. The van der Waals surface area contributed by atoms with Gasteiger partial charge in [0.1, 0.15) is 0 Å². The molecule has 3 N–H and O–H groups in total. The Labute approximate surface area is 256 Å². The fourth-order valence-corrected chi connectivity index (χ4v) is 7.90. The van der Waals surface area contributed by atoms with Crippen molar-refractivity contribution in [1.82, 2.24) is 19.3 Å². The Kier molecular flexibility index (Phi) is 8.50. The third-order valence-electron chi connectivity index (χ3n) is 10.5. The summed E-state index contributed by atoms with van der Waals surface area (Å²) in [5, 5.41) is 27.8. The fraction of sp³-hybridized carbons (Fsp3) is 0.556. The molecule has 7 heteroatoms. The zero-order chi connectivity index (χ0) is 29.3. The Balaban J connectivity index is 1.27. The minimum atomic E-state index is -0.131. The lowest BCUT2D eigenvalue weighted by atomic mass is 9.94. The normalized spacial score (nSPS) is 23.5. The molecule has 2 aromatic carbocycles. The number of piperidine rings is 2. The third kappa shape index (κ3) is 5.97. The van der Waals surface area contributed by atoms with E-state index in [4.69, 9.17) is 0 Å². The monoisotopic (exact) mass is 583 g/mol. The molecular formula is C36H49N5O2. The molecule has 0 atom stereocenters. The summed E-state index contributed by atoms with van der Waals surface area (Å²) in [7, 11) is 0. The van der Waals surface area contributed by atoms with Crippen molar-refractivity contribution in [2.45, 2.75) is 70.6 Å². The molecule has 2 saturated heterocycles. The van der Waals surface area contributed by atoms with Crippen LogP contribution in [-0.4, -0.2) is 101 Å². The summed E-state index contributed by atoms with van der Waals surface area (Å²) >= 11 is 0. The molecular weight excluding hydrogens is 534 g/mol. The van der Waals surface area contributed by atoms with E-state index in [1.54, 1.807) is 0 Å². The van der Waals surface area contributed by atoms with Crippen LogP contribution < -0.4 is 15.8 Å². The number of aliphatic hydroxyl groups excluding tert-OH is 2. The molecule has 1 aromatic heterocycles. The Morgan fingerprint density at radius 2 is 1.49 bits per heavy atom. The highest BCUT2D eigenvalue weighted by molar-refractivity contribution is 5.90. The van der Waals surface area contributed by atoms with Gasteiger partial charge in [-0.1, -0.05) is 29.8 Å². The predicted octanol–water partition coefficient (Wildman–Crippen LogP) is 2.95. The molecule has 0 spiro atoms. The summed E-state index contributed by atoms with van der Waals surface area (Å²) in [4.78, 5) is 7.71. The van der Waals surface area contributed by atoms with Crippen molar-refractivity contribution in [3.05, 3.63) is 64.2 Å². The Morgan fingerprint density at radius 1 is 0.767 bits per heavy atom.